The highest BCUT2D eigenvalue weighted by Gasteiger charge is 2.39. The van der Waals surface area contributed by atoms with Gasteiger partial charge in [0.15, 0.2) is 5.69 Å². The van der Waals surface area contributed by atoms with Gasteiger partial charge in [-0.05, 0) is 31.0 Å². The third kappa shape index (κ3) is 4.23. The minimum atomic E-state index is -2.95. The molecule has 0 atom stereocenters. The van der Waals surface area contributed by atoms with E-state index in [1.165, 1.54) is 4.68 Å². The van der Waals surface area contributed by atoms with Crippen LogP contribution in [0.25, 0.3) is 0 Å². The fraction of sp³-hybridized carbons (Fsp3) is 0.476. The van der Waals surface area contributed by atoms with Crippen molar-refractivity contribution in [3.8, 4) is 0 Å². The van der Waals surface area contributed by atoms with E-state index in [0.717, 1.165) is 11.3 Å². The summed E-state index contributed by atoms with van der Waals surface area (Å²) in [5, 5.41) is 14.0. The summed E-state index contributed by atoms with van der Waals surface area (Å²) in [6.07, 6.45) is -1.04. The molecule has 10 heteroatoms. The van der Waals surface area contributed by atoms with Gasteiger partial charge in [0.2, 0.25) is 5.91 Å². The Morgan fingerprint density at radius 1 is 1.23 bits per heavy atom. The van der Waals surface area contributed by atoms with Crippen molar-refractivity contribution >= 4 is 29.2 Å². The van der Waals surface area contributed by atoms with Crippen LogP contribution in [-0.4, -0.2) is 63.8 Å². The number of hydrogen-bond donors (Lipinski definition) is 1. The number of halogens is 3. The topological polar surface area (TPSA) is 78.7 Å². The first-order chi connectivity index (χ1) is 14.7. The quantitative estimate of drug-likeness (QED) is 0.771. The number of fused-ring (bicyclic) bond motifs is 1. The van der Waals surface area contributed by atoms with Crippen LogP contribution in [0.15, 0.2) is 18.2 Å². The summed E-state index contributed by atoms with van der Waals surface area (Å²) in [5.41, 5.74) is 2.10. The average molecular weight is 453 g/mol. The van der Waals surface area contributed by atoms with Crippen molar-refractivity contribution < 1.29 is 23.5 Å². The molecule has 0 saturated carbocycles. The summed E-state index contributed by atoms with van der Waals surface area (Å²) in [4.78, 5) is 28.2. The number of alkyl halides is 2. The maximum absolute atomic E-state index is 13.8. The van der Waals surface area contributed by atoms with Gasteiger partial charge in [0.1, 0.15) is 6.54 Å². The molecule has 166 valence electrons. The highest BCUT2D eigenvalue weighted by molar-refractivity contribution is 6.31. The van der Waals surface area contributed by atoms with Crippen LogP contribution in [0.2, 0.25) is 5.02 Å². The number of benzene rings is 1. The lowest BCUT2D eigenvalue weighted by atomic mass is 9.92. The van der Waals surface area contributed by atoms with E-state index in [1.54, 1.807) is 4.90 Å². The number of piperazine rings is 1. The second-order valence-corrected chi connectivity index (χ2v) is 8.43. The van der Waals surface area contributed by atoms with Gasteiger partial charge >= 0.3 is 5.97 Å². The zero-order valence-electron chi connectivity index (χ0n) is 17.1. The van der Waals surface area contributed by atoms with E-state index in [9.17, 15) is 23.5 Å². The van der Waals surface area contributed by atoms with Crippen LogP contribution in [-0.2, 0) is 24.2 Å². The van der Waals surface area contributed by atoms with Crippen molar-refractivity contribution in [3.63, 3.8) is 0 Å². The molecule has 0 radical (unpaired) electrons. The summed E-state index contributed by atoms with van der Waals surface area (Å²) in [6.45, 7) is 4.07. The number of rotatable bonds is 4. The van der Waals surface area contributed by atoms with E-state index in [2.05, 4.69) is 10.00 Å². The molecule has 7 nitrogen and oxygen atoms in total. The van der Waals surface area contributed by atoms with Crippen LogP contribution in [0.4, 0.5) is 14.5 Å². The van der Waals surface area contributed by atoms with Gasteiger partial charge in [0, 0.05) is 61.0 Å². The fourth-order valence-electron chi connectivity index (χ4n) is 4.31. The smallest absolute Gasteiger partial charge is 0.356 e. The third-order valence-electron chi connectivity index (χ3n) is 6.03. The molecule has 1 fully saturated rings. The number of carboxylic acids is 1. The van der Waals surface area contributed by atoms with Crippen molar-refractivity contribution in [3.05, 3.63) is 45.7 Å². The second-order valence-electron chi connectivity index (χ2n) is 8.02. The van der Waals surface area contributed by atoms with Gasteiger partial charge in [0.25, 0.3) is 5.92 Å². The average Bonchev–Trinajstić information content (AvgIpc) is 3.06. The highest BCUT2D eigenvalue weighted by atomic mass is 35.5. The Balaban J connectivity index is 1.45. The molecular formula is C21H23ClF2N4O3. The summed E-state index contributed by atoms with van der Waals surface area (Å²) in [6, 6.07) is 5.73. The number of carbonyl (C=O) groups is 2. The molecule has 2 aromatic rings. The largest absolute Gasteiger partial charge is 0.476 e. The van der Waals surface area contributed by atoms with Gasteiger partial charge in [0.05, 0.1) is 0 Å². The van der Waals surface area contributed by atoms with Crippen LogP contribution >= 0.6 is 11.6 Å². The molecule has 1 saturated heterocycles. The Kier molecular flexibility index (Phi) is 5.63. The monoisotopic (exact) mass is 452 g/mol. The van der Waals surface area contributed by atoms with Crippen molar-refractivity contribution in [2.75, 3.05) is 31.1 Å². The molecule has 1 aromatic heterocycles. The predicted octanol–water partition coefficient (Wildman–Crippen LogP) is 3.02. The summed E-state index contributed by atoms with van der Waals surface area (Å²) in [7, 11) is 0. The molecule has 1 amide bonds. The first kappa shape index (κ1) is 21.5. The maximum atomic E-state index is 13.8. The van der Waals surface area contributed by atoms with Crippen molar-refractivity contribution in [2.45, 2.75) is 38.7 Å². The van der Waals surface area contributed by atoms with Gasteiger partial charge in [-0.3, -0.25) is 9.48 Å². The standard InChI is InChI=1S/C21H23ClF2N4O3/c1-13-15(22)3-2-4-16(13)26-7-9-27(10-8-26)18(29)12-28-17-5-6-21(23,24)11-14(17)19(25-28)20(30)31/h2-4H,5-12H2,1H3,(H,30,31). The SMILES string of the molecule is Cc1c(Cl)cccc1N1CCN(C(=O)Cn2nc(C(=O)O)c3c2CCC(F)(F)C3)CC1. The van der Waals surface area contributed by atoms with Crippen LogP contribution in [0.1, 0.15) is 33.7 Å². The Hall–Kier alpha value is -2.68. The van der Waals surface area contributed by atoms with Gasteiger partial charge < -0.3 is 14.9 Å². The molecular weight excluding hydrogens is 430 g/mol. The summed E-state index contributed by atoms with van der Waals surface area (Å²) in [5.74, 6) is -4.52. The van der Waals surface area contributed by atoms with E-state index in [1.807, 2.05) is 25.1 Å². The van der Waals surface area contributed by atoms with Gasteiger partial charge in [-0.15, -0.1) is 0 Å². The molecule has 1 aliphatic carbocycles. The third-order valence-corrected chi connectivity index (χ3v) is 6.44. The number of aromatic nitrogens is 2. The molecule has 2 heterocycles. The summed E-state index contributed by atoms with van der Waals surface area (Å²) >= 11 is 6.21. The van der Waals surface area contributed by atoms with E-state index < -0.39 is 18.3 Å². The number of nitrogens with zero attached hydrogens (tertiary/aromatic N) is 4. The first-order valence-corrected chi connectivity index (χ1v) is 10.5. The Bertz CT molecular complexity index is 1030. The number of carbonyl (C=O) groups excluding carboxylic acids is 1. The Labute approximate surface area is 183 Å². The molecule has 0 unspecified atom stereocenters. The molecule has 4 rings (SSSR count). The number of aromatic carboxylic acids is 1. The molecule has 0 spiro atoms. The van der Waals surface area contributed by atoms with Crippen LogP contribution < -0.4 is 4.90 Å². The molecule has 1 aliphatic heterocycles. The van der Waals surface area contributed by atoms with Crippen molar-refractivity contribution in [1.82, 2.24) is 14.7 Å². The Morgan fingerprint density at radius 2 is 1.94 bits per heavy atom. The lowest BCUT2D eigenvalue weighted by molar-refractivity contribution is -0.132. The van der Waals surface area contributed by atoms with E-state index in [4.69, 9.17) is 11.6 Å². The minimum absolute atomic E-state index is 0.00227. The molecule has 31 heavy (non-hydrogen) atoms. The van der Waals surface area contributed by atoms with Crippen LogP contribution in [0.3, 0.4) is 0 Å². The molecule has 1 N–H and O–H groups in total. The van der Waals surface area contributed by atoms with Gasteiger partial charge in [-0.25, -0.2) is 13.6 Å². The zero-order chi connectivity index (χ0) is 22.3. The number of carboxylic acid groups (broad SMARTS) is 1. The molecule has 2 aliphatic rings. The normalized spacial score (nSPS) is 18.1. The lowest BCUT2D eigenvalue weighted by Crippen LogP contribution is -2.50. The summed E-state index contributed by atoms with van der Waals surface area (Å²) < 4.78 is 28.9. The number of hydrogen-bond acceptors (Lipinski definition) is 4. The number of amides is 1. The fourth-order valence-corrected chi connectivity index (χ4v) is 4.48. The molecule has 1 aromatic carbocycles. The van der Waals surface area contributed by atoms with E-state index in [0.29, 0.717) is 36.9 Å². The maximum Gasteiger partial charge on any atom is 0.356 e. The highest BCUT2D eigenvalue weighted by Crippen LogP contribution is 2.35. The molecule has 0 bridgehead atoms. The van der Waals surface area contributed by atoms with Crippen LogP contribution in [0, 0.1) is 6.92 Å². The van der Waals surface area contributed by atoms with Gasteiger partial charge in [-0.1, -0.05) is 17.7 Å². The predicted molar refractivity (Wildman–Crippen MR) is 111 cm³/mol. The zero-order valence-corrected chi connectivity index (χ0v) is 17.8. The van der Waals surface area contributed by atoms with Crippen LogP contribution in [0.5, 0.6) is 0 Å². The van der Waals surface area contributed by atoms with E-state index >= 15 is 0 Å². The minimum Gasteiger partial charge on any atom is -0.476 e. The first-order valence-electron chi connectivity index (χ1n) is 10.1. The Morgan fingerprint density at radius 3 is 2.61 bits per heavy atom. The van der Waals surface area contributed by atoms with E-state index in [-0.39, 0.29) is 36.6 Å². The second kappa shape index (κ2) is 8.11. The lowest BCUT2D eigenvalue weighted by Gasteiger charge is -2.37. The van der Waals surface area contributed by atoms with Gasteiger partial charge in [-0.2, -0.15) is 5.10 Å². The van der Waals surface area contributed by atoms with Crippen molar-refractivity contribution in [2.24, 2.45) is 0 Å². The van der Waals surface area contributed by atoms with Crippen molar-refractivity contribution in [1.29, 1.82) is 0 Å². The number of anilines is 1.